The highest BCUT2D eigenvalue weighted by Crippen LogP contribution is 2.29. The second kappa shape index (κ2) is 9.12. The van der Waals surface area contributed by atoms with Crippen LogP contribution in [-0.2, 0) is 6.42 Å². The highest BCUT2D eigenvalue weighted by molar-refractivity contribution is 5.71. The molecular weight excluding hydrogens is 380 g/mol. The van der Waals surface area contributed by atoms with E-state index in [1.807, 2.05) is 30.3 Å². The summed E-state index contributed by atoms with van der Waals surface area (Å²) in [5.41, 5.74) is 3.85. The molecule has 0 unspecified atom stereocenters. The molecule has 0 aliphatic carbocycles. The molecule has 0 aliphatic heterocycles. The van der Waals surface area contributed by atoms with Gasteiger partial charge in [-0.2, -0.15) is 0 Å². The molecule has 0 N–H and O–H groups in total. The fraction of sp³-hybridized carbons (Fsp3) is 0.250. The molecule has 0 heterocycles. The summed E-state index contributed by atoms with van der Waals surface area (Å²) in [7, 11) is 0. The van der Waals surface area contributed by atoms with Crippen molar-refractivity contribution in [2.45, 2.75) is 39.0 Å². The van der Waals surface area contributed by atoms with Crippen molar-refractivity contribution < 1.29 is 22.3 Å². The van der Waals surface area contributed by atoms with E-state index in [2.05, 4.69) is 11.7 Å². The van der Waals surface area contributed by atoms with Gasteiger partial charge in [-0.1, -0.05) is 68.3 Å². The summed E-state index contributed by atoms with van der Waals surface area (Å²) in [6, 6.07) is 18.3. The lowest BCUT2D eigenvalue weighted by Gasteiger charge is -2.10. The molecule has 0 amide bonds. The first kappa shape index (κ1) is 20.9. The molecule has 0 saturated heterocycles. The van der Waals surface area contributed by atoms with Gasteiger partial charge in [0, 0.05) is 5.56 Å². The van der Waals surface area contributed by atoms with Crippen LogP contribution in [0.1, 0.15) is 31.7 Å². The summed E-state index contributed by atoms with van der Waals surface area (Å²) in [5, 5.41) is 0. The van der Waals surface area contributed by atoms with Crippen LogP contribution < -0.4 is 4.74 Å². The number of rotatable bonds is 7. The molecular formula is C24H22F4O. The molecule has 0 fully saturated rings. The van der Waals surface area contributed by atoms with Crippen LogP contribution in [0.3, 0.4) is 0 Å². The third-order valence-corrected chi connectivity index (χ3v) is 4.72. The maximum absolute atomic E-state index is 14.5. The summed E-state index contributed by atoms with van der Waals surface area (Å²) in [6.07, 6.45) is -0.521. The average molecular weight is 402 g/mol. The summed E-state index contributed by atoms with van der Waals surface area (Å²) in [6.45, 7) is 2.14. The first-order chi connectivity index (χ1) is 13.9. The van der Waals surface area contributed by atoms with Crippen LogP contribution in [0.15, 0.2) is 66.7 Å². The van der Waals surface area contributed by atoms with Gasteiger partial charge in [-0.15, -0.1) is 13.2 Å². The number of alkyl halides is 3. The fourth-order valence-electron chi connectivity index (χ4n) is 3.22. The van der Waals surface area contributed by atoms with E-state index in [1.54, 1.807) is 24.3 Å². The van der Waals surface area contributed by atoms with Crippen LogP contribution in [0.2, 0.25) is 0 Å². The standard InChI is InChI=1S/C24H22F4O/c1-2-3-4-5-17-6-15-22(23(25)16-17)20-9-7-18(8-10-20)19-11-13-21(14-12-19)29-24(26,27)28/h6-16H,2-5H2,1H3. The number of aryl methyl sites for hydroxylation is 1. The van der Waals surface area contributed by atoms with Crippen molar-refractivity contribution in [3.63, 3.8) is 0 Å². The molecule has 3 aromatic carbocycles. The smallest absolute Gasteiger partial charge is 0.406 e. The monoisotopic (exact) mass is 402 g/mol. The quantitative estimate of drug-likeness (QED) is 0.289. The predicted octanol–water partition coefficient (Wildman–Crippen LogP) is 7.79. The minimum atomic E-state index is -4.71. The predicted molar refractivity (Wildman–Crippen MR) is 107 cm³/mol. The zero-order valence-electron chi connectivity index (χ0n) is 16.1. The summed E-state index contributed by atoms with van der Waals surface area (Å²) < 4.78 is 55.2. The number of hydrogen-bond donors (Lipinski definition) is 0. The average Bonchev–Trinajstić information content (AvgIpc) is 2.68. The van der Waals surface area contributed by atoms with E-state index in [-0.39, 0.29) is 11.6 Å². The zero-order valence-corrected chi connectivity index (χ0v) is 16.1. The van der Waals surface area contributed by atoms with Crippen LogP contribution in [-0.4, -0.2) is 6.36 Å². The van der Waals surface area contributed by atoms with Crippen LogP contribution in [0.25, 0.3) is 22.3 Å². The first-order valence-electron chi connectivity index (χ1n) is 9.61. The largest absolute Gasteiger partial charge is 0.573 e. The van der Waals surface area contributed by atoms with Gasteiger partial charge in [0.2, 0.25) is 0 Å². The first-order valence-corrected chi connectivity index (χ1v) is 9.61. The van der Waals surface area contributed by atoms with Gasteiger partial charge in [-0.25, -0.2) is 4.39 Å². The Morgan fingerprint density at radius 2 is 1.34 bits per heavy atom. The molecule has 29 heavy (non-hydrogen) atoms. The van der Waals surface area contributed by atoms with Crippen LogP contribution >= 0.6 is 0 Å². The van der Waals surface area contributed by atoms with Crippen molar-refractivity contribution in [3.8, 4) is 28.0 Å². The summed E-state index contributed by atoms with van der Waals surface area (Å²) in [5.74, 6) is -0.514. The summed E-state index contributed by atoms with van der Waals surface area (Å²) in [4.78, 5) is 0. The van der Waals surface area contributed by atoms with E-state index in [0.29, 0.717) is 5.56 Å². The van der Waals surface area contributed by atoms with E-state index < -0.39 is 6.36 Å². The third kappa shape index (κ3) is 5.83. The highest BCUT2D eigenvalue weighted by Gasteiger charge is 2.30. The lowest BCUT2D eigenvalue weighted by Crippen LogP contribution is -2.16. The number of ether oxygens (including phenoxy) is 1. The van der Waals surface area contributed by atoms with Gasteiger partial charge in [0.15, 0.2) is 0 Å². The Labute approximate surface area is 168 Å². The van der Waals surface area contributed by atoms with Crippen LogP contribution in [0.4, 0.5) is 17.6 Å². The van der Waals surface area contributed by atoms with Gasteiger partial charge in [-0.05, 0) is 53.3 Å². The summed E-state index contributed by atoms with van der Waals surface area (Å²) >= 11 is 0. The molecule has 152 valence electrons. The van der Waals surface area contributed by atoms with E-state index in [0.717, 1.165) is 47.9 Å². The normalized spacial score (nSPS) is 11.5. The van der Waals surface area contributed by atoms with Gasteiger partial charge in [0.1, 0.15) is 11.6 Å². The number of hydrogen-bond acceptors (Lipinski definition) is 1. The third-order valence-electron chi connectivity index (χ3n) is 4.72. The second-order valence-electron chi connectivity index (χ2n) is 6.92. The Balaban J connectivity index is 1.73. The number of halogens is 4. The Morgan fingerprint density at radius 3 is 1.90 bits per heavy atom. The van der Waals surface area contributed by atoms with Gasteiger partial charge >= 0.3 is 6.36 Å². The van der Waals surface area contributed by atoms with Crippen molar-refractivity contribution in [1.29, 1.82) is 0 Å². The van der Waals surface area contributed by atoms with E-state index in [1.165, 1.54) is 12.1 Å². The molecule has 5 heteroatoms. The Hall–Kier alpha value is -2.82. The van der Waals surface area contributed by atoms with Crippen molar-refractivity contribution in [3.05, 3.63) is 78.1 Å². The Morgan fingerprint density at radius 1 is 0.759 bits per heavy atom. The topological polar surface area (TPSA) is 9.23 Å². The van der Waals surface area contributed by atoms with E-state index in [4.69, 9.17) is 0 Å². The molecule has 3 aromatic rings. The van der Waals surface area contributed by atoms with Crippen molar-refractivity contribution in [2.75, 3.05) is 0 Å². The maximum Gasteiger partial charge on any atom is 0.573 e. The number of benzene rings is 3. The lowest BCUT2D eigenvalue weighted by molar-refractivity contribution is -0.274. The van der Waals surface area contributed by atoms with Crippen LogP contribution in [0.5, 0.6) is 5.75 Å². The SMILES string of the molecule is CCCCCc1ccc(-c2ccc(-c3ccc(OC(F)(F)F)cc3)cc2)c(F)c1. The van der Waals surface area contributed by atoms with Gasteiger partial charge in [0.05, 0.1) is 0 Å². The molecule has 0 spiro atoms. The van der Waals surface area contributed by atoms with Crippen molar-refractivity contribution in [1.82, 2.24) is 0 Å². The molecule has 3 rings (SSSR count). The van der Waals surface area contributed by atoms with Crippen molar-refractivity contribution in [2.24, 2.45) is 0 Å². The molecule has 1 nitrogen and oxygen atoms in total. The minimum absolute atomic E-state index is 0.250. The number of unbranched alkanes of at least 4 members (excludes halogenated alkanes) is 2. The van der Waals surface area contributed by atoms with Crippen molar-refractivity contribution >= 4 is 0 Å². The molecule has 0 saturated carbocycles. The van der Waals surface area contributed by atoms with E-state index in [9.17, 15) is 17.6 Å². The zero-order chi connectivity index (χ0) is 20.9. The second-order valence-corrected chi connectivity index (χ2v) is 6.92. The van der Waals surface area contributed by atoms with Crippen LogP contribution in [0, 0.1) is 5.82 Å². The molecule has 0 atom stereocenters. The maximum atomic E-state index is 14.5. The molecule has 0 radical (unpaired) electrons. The minimum Gasteiger partial charge on any atom is -0.406 e. The molecule has 0 bridgehead atoms. The highest BCUT2D eigenvalue weighted by atomic mass is 19.4. The molecule has 0 aromatic heterocycles. The van der Waals surface area contributed by atoms with Gasteiger partial charge in [0.25, 0.3) is 0 Å². The fourth-order valence-corrected chi connectivity index (χ4v) is 3.22. The Kier molecular flexibility index (Phi) is 6.57. The molecule has 0 aliphatic rings. The van der Waals surface area contributed by atoms with Gasteiger partial charge in [-0.3, -0.25) is 0 Å². The van der Waals surface area contributed by atoms with E-state index >= 15 is 0 Å². The van der Waals surface area contributed by atoms with Gasteiger partial charge < -0.3 is 4.74 Å². The lowest BCUT2D eigenvalue weighted by atomic mass is 9.98. The Bertz CT molecular complexity index is 929.